The molecule has 8 N–H and O–H groups in total. The average molecular weight is 480 g/mol. The highest BCUT2D eigenvalue weighted by Gasteiger charge is 2.32. The highest BCUT2D eigenvalue weighted by Crippen LogP contribution is 2.09. The summed E-state index contributed by atoms with van der Waals surface area (Å²) in [7, 11) is 0. The van der Waals surface area contributed by atoms with Gasteiger partial charge in [-0.25, -0.2) is 9.78 Å². The van der Waals surface area contributed by atoms with Crippen LogP contribution < -0.4 is 27.0 Å². The fraction of sp³-hybridized carbons (Fsp3) is 0.682. The molecule has 2 heterocycles. The molecular formula is C22H37N7O5. The molecule has 0 aromatic carbocycles. The van der Waals surface area contributed by atoms with Crippen LogP contribution in [0, 0.1) is 5.92 Å². The number of nitrogens with one attached hydrogen (secondary N) is 5. The van der Waals surface area contributed by atoms with Crippen molar-refractivity contribution in [1.82, 2.24) is 31.2 Å². The Morgan fingerprint density at radius 3 is 2.44 bits per heavy atom. The summed E-state index contributed by atoms with van der Waals surface area (Å²) >= 11 is 0. The Morgan fingerprint density at radius 2 is 1.88 bits per heavy atom. The summed E-state index contributed by atoms with van der Waals surface area (Å²) in [5, 5.41) is 20.5. The van der Waals surface area contributed by atoms with Crippen molar-refractivity contribution in [2.45, 2.75) is 76.5 Å². The number of imidazole rings is 1. The SMILES string of the molecule is CC(C)C(NC(=O)C(CCCCN)NC(=O)C(Cc1cnc[nH]1)NC(=O)C1CCCN1)C(=O)O. The molecule has 0 radical (unpaired) electrons. The second-order valence-electron chi connectivity index (χ2n) is 8.91. The molecule has 1 aromatic heterocycles. The summed E-state index contributed by atoms with van der Waals surface area (Å²) < 4.78 is 0. The molecule has 1 aliphatic heterocycles. The Bertz CT molecular complexity index is 809. The van der Waals surface area contributed by atoms with E-state index in [9.17, 15) is 24.3 Å². The number of nitrogens with zero attached hydrogens (tertiary/aromatic N) is 1. The van der Waals surface area contributed by atoms with E-state index in [1.54, 1.807) is 20.0 Å². The summed E-state index contributed by atoms with van der Waals surface area (Å²) in [5.74, 6) is -2.90. The van der Waals surface area contributed by atoms with Gasteiger partial charge in [-0.3, -0.25) is 14.4 Å². The lowest BCUT2D eigenvalue weighted by molar-refractivity contribution is -0.143. The Kier molecular flexibility index (Phi) is 10.9. The number of hydrogen-bond acceptors (Lipinski definition) is 7. The molecule has 1 aromatic rings. The fourth-order valence-corrected chi connectivity index (χ4v) is 3.81. The van der Waals surface area contributed by atoms with Crippen molar-refractivity contribution in [3.8, 4) is 0 Å². The molecule has 2 rings (SSSR count). The number of aromatic amines is 1. The van der Waals surface area contributed by atoms with Gasteiger partial charge in [-0.05, 0) is 51.1 Å². The zero-order valence-corrected chi connectivity index (χ0v) is 19.8. The molecule has 0 aliphatic carbocycles. The number of aromatic nitrogens is 2. The van der Waals surface area contributed by atoms with Crippen LogP contribution in [0.2, 0.25) is 0 Å². The maximum absolute atomic E-state index is 13.2. The number of aliphatic carboxylic acids is 1. The molecule has 0 saturated carbocycles. The number of amides is 3. The molecule has 3 amide bonds. The summed E-state index contributed by atoms with van der Waals surface area (Å²) in [5.41, 5.74) is 6.21. The lowest BCUT2D eigenvalue weighted by Gasteiger charge is -2.26. The van der Waals surface area contributed by atoms with Gasteiger partial charge in [0, 0.05) is 18.3 Å². The first-order chi connectivity index (χ1) is 16.2. The van der Waals surface area contributed by atoms with Crippen molar-refractivity contribution in [2.24, 2.45) is 11.7 Å². The molecule has 1 aliphatic rings. The molecule has 4 atom stereocenters. The quantitative estimate of drug-likeness (QED) is 0.166. The first-order valence-corrected chi connectivity index (χ1v) is 11.8. The molecule has 0 bridgehead atoms. The Labute approximate surface area is 199 Å². The van der Waals surface area contributed by atoms with Gasteiger partial charge in [-0.2, -0.15) is 0 Å². The number of carboxylic acids is 1. The number of carbonyl (C=O) groups excluding carboxylic acids is 3. The summed E-state index contributed by atoms with van der Waals surface area (Å²) in [6.07, 6.45) is 6.25. The number of unbranched alkanes of at least 4 members (excludes halogenated alkanes) is 1. The van der Waals surface area contributed by atoms with Gasteiger partial charge in [-0.15, -0.1) is 0 Å². The van der Waals surface area contributed by atoms with Gasteiger partial charge in [-0.1, -0.05) is 13.8 Å². The standard InChI is InChI=1S/C22H37N7O5/c1-13(2)18(22(33)34)29-20(31)16(6-3-4-8-23)27-21(32)17(10-14-11-24-12-26-14)28-19(30)15-7-5-9-25-15/h11-13,15-18,25H,3-10,23H2,1-2H3,(H,24,26)(H,27,32)(H,28,30)(H,29,31)(H,33,34). The first kappa shape index (κ1) is 27.3. The highest BCUT2D eigenvalue weighted by molar-refractivity contribution is 5.94. The fourth-order valence-electron chi connectivity index (χ4n) is 3.81. The maximum Gasteiger partial charge on any atom is 0.326 e. The normalized spacial score (nSPS) is 18.2. The van der Waals surface area contributed by atoms with Crippen LogP contribution in [0.4, 0.5) is 0 Å². The third kappa shape index (κ3) is 8.41. The van der Waals surface area contributed by atoms with Crippen LogP contribution in [0.5, 0.6) is 0 Å². The Morgan fingerprint density at radius 1 is 1.15 bits per heavy atom. The maximum atomic E-state index is 13.2. The predicted octanol–water partition coefficient (Wildman–Crippen LogP) is -0.972. The number of H-pyrrole nitrogens is 1. The zero-order chi connectivity index (χ0) is 25.1. The summed E-state index contributed by atoms with van der Waals surface area (Å²) in [4.78, 5) is 57.2. The van der Waals surface area contributed by atoms with Crippen LogP contribution in [0.25, 0.3) is 0 Å². The van der Waals surface area contributed by atoms with Crippen molar-refractivity contribution < 1.29 is 24.3 Å². The highest BCUT2D eigenvalue weighted by atomic mass is 16.4. The molecule has 1 saturated heterocycles. The number of hydrogen-bond donors (Lipinski definition) is 7. The molecule has 0 spiro atoms. The van der Waals surface area contributed by atoms with Crippen LogP contribution in [0.3, 0.4) is 0 Å². The number of nitrogens with two attached hydrogens (primary N) is 1. The lowest BCUT2D eigenvalue weighted by Crippen LogP contribution is -2.58. The smallest absolute Gasteiger partial charge is 0.326 e. The zero-order valence-electron chi connectivity index (χ0n) is 19.8. The average Bonchev–Trinajstić information content (AvgIpc) is 3.50. The van der Waals surface area contributed by atoms with Gasteiger partial charge in [0.15, 0.2) is 0 Å². The van der Waals surface area contributed by atoms with E-state index < -0.39 is 35.9 Å². The van der Waals surface area contributed by atoms with E-state index in [0.717, 1.165) is 13.0 Å². The third-order valence-electron chi connectivity index (χ3n) is 5.80. The van der Waals surface area contributed by atoms with Gasteiger partial charge in [0.1, 0.15) is 18.1 Å². The molecule has 4 unspecified atom stereocenters. The minimum absolute atomic E-state index is 0.158. The minimum Gasteiger partial charge on any atom is -0.480 e. The van der Waals surface area contributed by atoms with Gasteiger partial charge in [0.25, 0.3) is 0 Å². The number of carbonyl (C=O) groups is 4. The van der Waals surface area contributed by atoms with Crippen LogP contribution in [0.15, 0.2) is 12.5 Å². The summed E-state index contributed by atoms with van der Waals surface area (Å²) in [6, 6.07) is -3.37. The molecule has 12 nitrogen and oxygen atoms in total. The molecule has 1 fully saturated rings. The third-order valence-corrected chi connectivity index (χ3v) is 5.80. The van der Waals surface area contributed by atoms with Gasteiger partial charge < -0.3 is 37.1 Å². The van der Waals surface area contributed by atoms with Gasteiger partial charge in [0.2, 0.25) is 17.7 Å². The van der Waals surface area contributed by atoms with Crippen molar-refractivity contribution in [3.05, 3.63) is 18.2 Å². The van der Waals surface area contributed by atoms with E-state index in [1.165, 1.54) is 6.33 Å². The molecular weight excluding hydrogens is 442 g/mol. The van der Waals surface area contributed by atoms with Crippen molar-refractivity contribution in [1.29, 1.82) is 0 Å². The van der Waals surface area contributed by atoms with Crippen LogP contribution in [0.1, 0.15) is 51.6 Å². The van der Waals surface area contributed by atoms with E-state index in [2.05, 4.69) is 31.2 Å². The predicted molar refractivity (Wildman–Crippen MR) is 124 cm³/mol. The van der Waals surface area contributed by atoms with E-state index in [4.69, 9.17) is 5.73 Å². The van der Waals surface area contributed by atoms with Gasteiger partial charge >= 0.3 is 5.97 Å². The van der Waals surface area contributed by atoms with E-state index in [0.29, 0.717) is 31.5 Å². The van der Waals surface area contributed by atoms with Crippen LogP contribution >= 0.6 is 0 Å². The van der Waals surface area contributed by atoms with Crippen LogP contribution in [-0.2, 0) is 25.6 Å². The first-order valence-electron chi connectivity index (χ1n) is 11.8. The van der Waals surface area contributed by atoms with E-state index in [1.807, 2.05) is 0 Å². The number of carboxylic acid groups (broad SMARTS) is 1. The number of rotatable bonds is 14. The molecule has 34 heavy (non-hydrogen) atoms. The van der Waals surface area contributed by atoms with Crippen molar-refractivity contribution in [3.63, 3.8) is 0 Å². The monoisotopic (exact) mass is 479 g/mol. The van der Waals surface area contributed by atoms with E-state index in [-0.39, 0.29) is 30.7 Å². The topological polar surface area (TPSA) is 191 Å². The second kappa shape index (κ2) is 13.7. The second-order valence-corrected chi connectivity index (χ2v) is 8.91. The van der Waals surface area contributed by atoms with Gasteiger partial charge in [0.05, 0.1) is 12.4 Å². The van der Waals surface area contributed by atoms with Crippen molar-refractivity contribution in [2.75, 3.05) is 13.1 Å². The largest absolute Gasteiger partial charge is 0.480 e. The summed E-state index contributed by atoms with van der Waals surface area (Å²) in [6.45, 7) is 4.54. The Balaban J connectivity index is 2.14. The molecule has 12 heteroatoms. The minimum atomic E-state index is -1.15. The van der Waals surface area contributed by atoms with Crippen molar-refractivity contribution >= 4 is 23.7 Å². The Hall–Kier alpha value is -2.99. The lowest BCUT2D eigenvalue weighted by atomic mass is 10.0. The van der Waals surface area contributed by atoms with E-state index >= 15 is 0 Å². The molecule has 190 valence electrons. The van der Waals surface area contributed by atoms with Crippen LogP contribution in [-0.4, -0.2) is 76.0 Å².